The molecule has 0 aliphatic heterocycles. The van der Waals surface area contributed by atoms with E-state index in [2.05, 4.69) is 11.3 Å². The summed E-state index contributed by atoms with van der Waals surface area (Å²) in [5.74, 6) is 9.02. The fourth-order valence-electron chi connectivity index (χ4n) is 1.65. The van der Waals surface area contributed by atoms with E-state index in [4.69, 9.17) is 17.0 Å². The fourth-order valence-corrected chi connectivity index (χ4v) is 1.65. The van der Waals surface area contributed by atoms with Crippen molar-refractivity contribution in [3.63, 3.8) is 0 Å². The predicted molar refractivity (Wildman–Crippen MR) is 70.3 cm³/mol. The van der Waals surface area contributed by atoms with Gasteiger partial charge in [0, 0.05) is 12.5 Å². The lowest BCUT2D eigenvalue weighted by Crippen LogP contribution is -2.27. The van der Waals surface area contributed by atoms with E-state index < -0.39 is 0 Å². The number of benzene rings is 1. The molecule has 3 nitrogen and oxygen atoms in total. The van der Waals surface area contributed by atoms with Gasteiger partial charge in [-0.3, -0.25) is 11.3 Å². The van der Waals surface area contributed by atoms with Crippen LogP contribution in [-0.2, 0) is 0 Å². The average molecular weight is 232 g/mol. The van der Waals surface area contributed by atoms with Gasteiger partial charge in [0.15, 0.2) is 0 Å². The van der Waals surface area contributed by atoms with E-state index in [1.54, 1.807) is 0 Å². The maximum atomic E-state index is 5.65. The summed E-state index contributed by atoms with van der Waals surface area (Å²) in [4.78, 5) is 0. The molecular formula is C14H20N2O. The molecule has 0 aliphatic rings. The van der Waals surface area contributed by atoms with Crippen LogP contribution in [0, 0.1) is 12.3 Å². The maximum Gasteiger partial charge on any atom is 0.120 e. The first-order chi connectivity index (χ1) is 8.17. The van der Waals surface area contributed by atoms with Crippen molar-refractivity contribution in [3.05, 3.63) is 29.8 Å². The van der Waals surface area contributed by atoms with Crippen molar-refractivity contribution in [1.29, 1.82) is 0 Å². The van der Waals surface area contributed by atoms with Gasteiger partial charge >= 0.3 is 0 Å². The minimum atomic E-state index is 0.0711. The first-order valence-corrected chi connectivity index (χ1v) is 5.83. The smallest absolute Gasteiger partial charge is 0.120 e. The summed E-state index contributed by atoms with van der Waals surface area (Å²) in [6.45, 7) is 4.01. The Morgan fingerprint density at radius 2 is 2.24 bits per heavy atom. The van der Waals surface area contributed by atoms with Crippen LogP contribution in [0.4, 0.5) is 0 Å². The molecule has 0 aliphatic carbocycles. The summed E-state index contributed by atoms with van der Waals surface area (Å²) >= 11 is 0. The molecule has 0 heterocycles. The van der Waals surface area contributed by atoms with Crippen LogP contribution < -0.4 is 16.0 Å². The number of ether oxygens (including phenoxy) is 1. The highest BCUT2D eigenvalue weighted by molar-refractivity contribution is 5.30. The second-order valence-electron chi connectivity index (χ2n) is 4.20. The molecule has 3 N–H and O–H groups in total. The van der Waals surface area contributed by atoms with E-state index in [9.17, 15) is 0 Å². The van der Waals surface area contributed by atoms with Crippen molar-refractivity contribution in [3.8, 4) is 18.1 Å². The SMILES string of the molecule is C#CCCC(NN)c1cccc(OC(C)C)c1. The topological polar surface area (TPSA) is 47.3 Å². The van der Waals surface area contributed by atoms with Gasteiger partial charge in [0.25, 0.3) is 0 Å². The zero-order valence-corrected chi connectivity index (χ0v) is 10.4. The largest absolute Gasteiger partial charge is 0.491 e. The zero-order chi connectivity index (χ0) is 12.7. The maximum absolute atomic E-state index is 5.65. The van der Waals surface area contributed by atoms with Gasteiger partial charge in [-0.2, -0.15) is 0 Å². The lowest BCUT2D eigenvalue weighted by atomic mass is 10.0. The van der Waals surface area contributed by atoms with E-state index in [1.165, 1.54) is 0 Å². The first kappa shape index (κ1) is 13.6. The van der Waals surface area contributed by atoms with Gasteiger partial charge in [-0.25, -0.2) is 0 Å². The average Bonchev–Trinajstić information content (AvgIpc) is 2.30. The predicted octanol–water partition coefficient (Wildman–Crippen LogP) is 2.39. The third kappa shape index (κ3) is 4.48. The van der Waals surface area contributed by atoms with Crippen LogP contribution >= 0.6 is 0 Å². The monoisotopic (exact) mass is 232 g/mol. The first-order valence-electron chi connectivity index (χ1n) is 5.83. The number of hydrogen-bond donors (Lipinski definition) is 2. The van der Waals surface area contributed by atoms with E-state index in [0.29, 0.717) is 6.42 Å². The molecule has 1 aromatic rings. The molecule has 1 atom stereocenters. The Balaban J connectivity index is 2.78. The fraction of sp³-hybridized carbons (Fsp3) is 0.429. The highest BCUT2D eigenvalue weighted by Gasteiger charge is 2.09. The minimum Gasteiger partial charge on any atom is -0.491 e. The van der Waals surface area contributed by atoms with Gasteiger partial charge in [0.1, 0.15) is 5.75 Å². The summed E-state index contributed by atoms with van der Waals surface area (Å²) in [6.07, 6.45) is 6.95. The lowest BCUT2D eigenvalue weighted by molar-refractivity contribution is 0.242. The van der Waals surface area contributed by atoms with E-state index >= 15 is 0 Å². The van der Waals surface area contributed by atoms with Crippen LogP contribution in [-0.4, -0.2) is 6.10 Å². The third-order valence-electron chi connectivity index (χ3n) is 2.41. The molecular weight excluding hydrogens is 212 g/mol. The van der Waals surface area contributed by atoms with E-state index in [-0.39, 0.29) is 12.1 Å². The van der Waals surface area contributed by atoms with Crippen LogP contribution in [0.25, 0.3) is 0 Å². The third-order valence-corrected chi connectivity index (χ3v) is 2.41. The van der Waals surface area contributed by atoms with Crippen molar-refractivity contribution >= 4 is 0 Å². The number of hydrazine groups is 1. The van der Waals surface area contributed by atoms with E-state index in [1.807, 2.05) is 38.1 Å². The van der Waals surface area contributed by atoms with Gasteiger partial charge in [-0.05, 0) is 38.0 Å². The van der Waals surface area contributed by atoms with Crippen molar-refractivity contribution in [2.45, 2.75) is 38.8 Å². The number of hydrogen-bond acceptors (Lipinski definition) is 3. The summed E-state index contributed by atoms with van der Waals surface area (Å²) in [7, 11) is 0. The summed E-state index contributed by atoms with van der Waals surface area (Å²) in [6, 6.07) is 8.00. The molecule has 1 aromatic carbocycles. The quantitative estimate of drug-likeness (QED) is 0.450. The van der Waals surface area contributed by atoms with Gasteiger partial charge in [0.2, 0.25) is 0 Å². The normalized spacial score (nSPS) is 12.2. The number of nitrogens with two attached hydrogens (primary N) is 1. The molecule has 0 aromatic heterocycles. The molecule has 0 fully saturated rings. The molecule has 17 heavy (non-hydrogen) atoms. The summed E-state index contributed by atoms with van der Waals surface area (Å²) < 4.78 is 5.65. The standard InChI is InChI=1S/C14H20N2O/c1-4-5-9-14(16-15)12-7-6-8-13(10-12)17-11(2)3/h1,6-8,10-11,14,16H,5,9,15H2,2-3H3. The molecule has 0 saturated carbocycles. The summed E-state index contributed by atoms with van der Waals surface area (Å²) in [5, 5.41) is 0. The Morgan fingerprint density at radius 3 is 2.82 bits per heavy atom. The zero-order valence-electron chi connectivity index (χ0n) is 10.4. The molecule has 0 saturated heterocycles. The molecule has 1 rings (SSSR count). The number of rotatable bonds is 6. The molecule has 0 bridgehead atoms. The Kier molecular flexibility index (Phi) is 5.55. The Bertz CT molecular complexity index is 382. The lowest BCUT2D eigenvalue weighted by Gasteiger charge is -2.17. The highest BCUT2D eigenvalue weighted by atomic mass is 16.5. The molecule has 0 amide bonds. The minimum absolute atomic E-state index is 0.0711. The van der Waals surface area contributed by atoms with Crippen molar-refractivity contribution < 1.29 is 4.74 Å². The number of terminal acetylenes is 1. The van der Waals surface area contributed by atoms with Crippen molar-refractivity contribution in [2.75, 3.05) is 0 Å². The highest BCUT2D eigenvalue weighted by Crippen LogP contribution is 2.22. The van der Waals surface area contributed by atoms with Gasteiger partial charge in [0.05, 0.1) is 6.10 Å². The molecule has 1 unspecified atom stereocenters. The van der Waals surface area contributed by atoms with Crippen LogP contribution in [0.1, 0.15) is 38.3 Å². The van der Waals surface area contributed by atoms with Crippen LogP contribution in [0.3, 0.4) is 0 Å². The van der Waals surface area contributed by atoms with Crippen LogP contribution in [0.2, 0.25) is 0 Å². The Labute approximate surface area is 103 Å². The van der Waals surface area contributed by atoms with Crippen LogP contribution in [0.5, 0.6) is 5.75 Å². The van der Waals surface area contributed by atoms with Gasteiger partial charge < -0.3 is 4.74 Å². The second kappa shape index (κ2) is 6.95. The molecule has 3 heteroatoms. The second-order valence-corrected chi connectivity index (χ2v) is 4.20. The summed E-state index contributed by atoms with van der Waals surface area (Å²) in [5.41, 5.74) is 3.88. The molecule has 92 valence electrons. The Morgan fingerprint density at radius 1 is 1.47 bits per heavy atom. The van der Waals surface area contributed by atoms with Gasteiger partial charge in [-0.15, -0.1) is 12.3 Å². The molecule has 0 spiro atoms. The van der Waals surface area contributed by atoms with Crippen molar-refractivity contribution in [2.24, 2.45) is 5.84 Å². The Hall–Kier alpha value is -1.50. The molecule has 0 radical (unpaired) electrons. The van der Waals surface area contributed by atoms with Crippen molar-refractivity contribution in [1.82, 2.24) is 5.43 Å². The van der Waals surface area contributed by atoms with E-state index in [0.717, 1.165) is 17.7 Å². The number of nitrogens with one attached hydrogen (secondary N) is 1. The van der Waals surface area contributed by atoms with Crippen LogP contribution in [0.15, 0.2) is 24.3 Å². The van der Waals surface area contributed by atoms with Gasteiger partial charge in [-0.1, -0.05) is 12.1 Å².